The molecule has 6 amide bonds. The van der Waals surface area contributed by atoms with Gasteiger partial charge in [-0.2, -0.15) is 0 Å². The third kappa shape index (κ3) is 7.03. The Labute approximate surface area is 284 Å². The van der Waals surface area contributed by atoms with Crippen molar-refractivity contribution in [1.29, 1.82) is 0 Å². The molecule has 2 N–H and O–H groups in total. The normalized spacial score (nSPS) is 14.8. The lowest BCUT2D eigenvalue weighted by molar-refractivity contribution is -0.125. The van der Waals surface area contributed by atoms with Crippen LogP contribution in [0.3, 0.4) is 0 Å². The molecule has 4 aromatic carbocycles. The number of amides is 6. The summed E-state index contributed by atoms with van der Waals surface area (Å²) in [7, 11) is 0. The van der Waals surface area contributed by atoms with Crippen LogP contribution in [-0.4, -0.2) is 70.4 Å². The molecule has 0 radical (unpaired) electrons. The van der Waals surface area contributed by atoms with Crippen molar-refractivity contribution in [2.45, 2.75) is 44.2 Å². The summed E-state index contributed by atoms with van der Waals surface area (Å²) in [6.07, 6.45) is 2.21. The molecule has 0 saturated carbocycles. The number of hydrogen-bond acceptors (Lipinski definition) is 6. The van der Waals surface area contributed by atoms with E-state index in [4.69, 9.17) is 0 Å². The second-order valence-electron chi connectivity index (χ2n) is 12.1. The number of unbranched alkanes of at least 4 members (excludes halogenated alkanes) is 2. The van der Waals surface area contributed by atoms with Gasteiger partial charge in [-0.15, -0.1) is 0 Å². The Morgan fingerprint density at radius 3 is 1.08 bits per heavy atom. The summed E-state index contributed by atoms with van der Waals surface area (Å²) in [6.45, 7) is 0.625. The zero-order valence-electron chi connectivity index (χ0n) is 26.8. The molecule has 0 unspecified atom stereocenters. The van der Waals surface area contributed by atoms with E-state index in [2.05, 4.69) is 10.6 Å². The smallest absolute Gasteiger partial charge is 0.262 e. The van der Waals surface area contributed by atoms with Crippen LogP contribution in [-0.2, 0) is 22.4 Å². The molecular weight excluding hydrogens is 620 g/mol. The van der Waals surface area contributed by atoms with Gasteiger partial charge in [0, 0.05) is 25.9 Å². The fraction of sp³-hybridized carbons (Fsp3) is 0.231. The van der Waals surface area contributed by atoms with Crippen molar-refractivity contribution in [1.82, 2.24) is 20.4 Å². The number of fused-ring (bicyclic) bond motifs is 2. The lowest BCUT2D eigenvalue weighted by Gasteiger charge is -2.26. The third-order valence-electron chi connectivity index (χ3n) is 8.88. The monoisotopic (exact) mass is 656 g/mol. The summed E-state index contributed by atoms with van der Waals surface area (Å²) in [6, 6.07) is 29.6. The van der Waals surface area contributed by atoms with E-state index in [9.17, 15) is 28.8 Å². The van der Waals surface area contributed by atoms with E-state index in [0.717, 1.165) is 20.9 Å². The van der Waals surface area contributed by atoms with Gasteiger partial charge in [0.2, 0.25) is 11.8 Å². The lowest BCUT2D eigenvalue weighted by Crippen LogP contribution is -2.51. The highest BCUT2D eigenvalue weighted by molar-refractivity contribution is 6.23. The minimum absolute atomic E-state index is 0.182. The van der Waals surface area contributed by atoms with Gasteiger partial charge in [0.15, 0.2) is 0 Å². The number of nitrogens with one attached hydrogen (secondary N) is 2. The van der Waals surface area contributed by atoms with Crippen LogP contribution in [0.2, 0.25) is 0 Å². The van der Waals surface area contributed by atoms with Crippen LogP contribution < -0.4 is 10.6 Å². The predicted octanol–water partition coefficient (Wildman–Crippen LogP) is 4.20. The molecule has 0 saturated heterocycles. The molecule has 10 nitrogen and oxygen atoms in total. The van der Waals surface area contributed by atoms with Gasteiger partial charge in [-0.25, -0.2) is 0 Å². The standard InChI is InChI=1S/C39H36N4O6/c44-34(32(24-26-14-4-1-5-15-26)42-36(46)28-18-8-9-19-29(28)37(42)47)40-22-12-3-13-23-41-35(45)33(25-27-16-6-2-7-17-27)43-38(48)30-20-10-11-21-31(30)39(43)49/h1-2,4-11,14-21,32-33H,3,12-13,22-25H2,(H,40,44)(H,41,45)/t32-,33+. The van der Waals surface area contributed by atoms with Crippen molar-refractivity contribution in [2.24, 2.45) is 0 Å². The molecule has 2 atom stereocenters. The number of imide groups is 2. The Kier molecular flexibility index (Phi) is 10.0. The van der Waals surface area contributed by atoms with Crippen LogP contribution in [0.1, 0.15) is 71.8 Å². The molecule has 49 heavy (non-hydrogen) atoms. The topological polar surface area (TPSA) is 133 Å². The Morgan fingerprint density at radius 2 is 0.755 bits per heavy atom. The first kappa shape index (κ1) is 33.0. The van der Waals surface area contributed by atoms with Gasteiger partial charge in [0.25, 0.3) is 23.6 Å². The SMILES string of the molecule is O=C(NCCCCCNC(=O)[C@H](Cc1ccccc1)N1C(=O)c2ccccc2C1=O)[C@@H](Cc1ccccc1)N1C(=O)c2ccccc2C1=O. The fourth-order valence-electron chi connectivity index (χ4n) is 6.34. The molecule has 0 bridgehead atoms. The second-order valence-corrected chi connectivity index (χ2v) is 12.1. The summed E-state index contributed by atoms with van der Waals surface area (Å²) >= 11 is 0. The molecule has 4 aromatic rings. The number of benzene rings is 4. The molecule has 2 heterocycles. The first-order valence-corrected chi connectivity index (χ1v) is 16.4. The van der Waals surface area contributed by atoms with E-state index in [1.165, 1.54) is 0 Å². The second kappa shape index (κ2) is 14.9. The van der Waals surface area contributed by atoms with Gasteiger partial charge in [-0.05, 0) is 54.7 Å². The van der Waals surface area contributed by atoms with Gasteiger partial charge >= 0.3 is 0 Å². The Hall–Kier alpha value is -5.90. The molecule has 0 fully saturated rings. The minimum atomic E-state index is -1.02. The fourth-order valence-corrected chi connectivity index (χ4v) is 6.34. The molecular formula is C39H36N4O6. The van der Waals surface area contributed by atoms with Crippen LogP contribution in [0.4, 0.5) is 0 Å². The van der Waals surface area contributed by atoms with Crippen molar-refractivity contribution in [3.8, 4) is 0 Å². The average molecular weight is 657 g/mol. The average Bonchev–Trinajstić information content (AvgIpc) is 3.53. The van der Waals surface area contributed by atoms with Gasteiger partial charge < -0.3 is 10.6 Å². The first-order valence-electron chi connectivity index (χ1n) is 16.4. The van der Waals surface area contributed by atoms with Gasteiger partial charge in [-0.3, -0.25) is 38.6 Å². The van der Waals surface area contributed by atoms with Crippen molar-refractivity contribution >= 4 is 35.4 Å². The number of nitrogens with zero attached hydrogens (tertiary/aromatic N) is 2. The van der Waals surface area contributed by atoms with E-state index in [1.54, 1.807) is 48.5 Å². The van der Waals surface area contributed by atoms with E-state index in [0.29, 0.717) is 32.4 Å². The van der Waals surface area contributed by atoms with Crippen LogP contribution in [0.5, 0.6) is 0 Å². The molecule has 248 valence electrons. The van der Waals surface area contributed by atoms with Gasteiger partial charge in [0.05, 0.1) is 22.3 Å². The molecule has 2 aliphatic rings. The number of rotatable bonds is 14. The highest BCUT2D eigenvalue weighted by Crippen LogP contribution is 2.27. The highest BCUT2D eigenvalue weighted by atomic mass is 16.2. The maximum absolute atomic E-state index is 13.5. The van der Waals surface area contributed by atoms with Crippen molar-refractivity contribution in [3.63, 3.8) is 0 Å². The number of carbonyl (C=O) groups is 6. The summed E-state index contributed by atoms with van der Waals surface area (Å²) < 4.78 is 0. The van der Waals surface area contributed by atoms with E-state index in [1.807, 2.05) is 60.7 Å². The van der Waals surface area contributed by atoms with Gasteiger partial charge in [0.1, 0.15) is 12.1 Å². The van der Waals surface area contributed by atoms with Crippen molar-refractivity contribution < 1.29 is 28.8 Å². The van der Waals surface area contributed by atoms with Gasteiger partial charge in [-0.1, -0.05) is 84.9 Å². The Balaban J connectivity index is 1.02. The summed E-state index contributed by atoms with van der Waals surface area (Å²) in [5.41, 5.74) is 2.79. The summed E-state index contributed by atoms with van der Waals surface area (Å²) in [5, 5.41) is 5.79. The van der Waals surface area contributed by atoms with Crippen LogP contribution >= 0.6 is 0 Å². The van der Waals surface area contributed by atoms with Crippen molar-refractivity contribution in [3.05, 3.63) is 143 Å². The van der Waals surface area contributed by atoms with Crippen LogP contribution in [0.15, 0.2) is 109 Å². The maximum Gasteiger partial charge on any atom is 0.262 e. The largest absolute Gasteiger partial charge is 0.354 e. The van der Waals surface area contributed by atoms with Crippen LogP contribution in [0, 0.1) is 0 Å². The quantitative estimate of drug-likeness (QED) is 0.154. The number of carbonyl (C=O) groups excluding carboxylic acids is 6. The Bertz CT molecular complexity index is 1690. The first-order chi connectivity index (χ1) is 23.8. The molecule has 6 rings (SSSR count). The molecule has 0 spiro atoms. The summed E-state index contributed by atoms with van der Waals surface area (Å²) in [5.74, 6) is -2.79. The van der Waals surface area contributed by atoms with E-state index >= 15 is 0 Å². The maximum atomic E-state index is 13.5. The molecule has 0 aromatic heterocycles. The lowest BCUT2D eigenvalue weighted by atomic mass is 10.0. The molecule has 10 heteroatoms. The van der Waals surface area contributed by atoms with E-state index in [-0.39, 0.29) is 35.1 Å². The summed E-state index contributed by atoms with van der Waals surface area (Å²) in [4.78, 5) is 81.9. The zero-order chi connectivity index (χ0) is 34.3. The third-order valence-corrected chi connectivity index (χ3v) is 8.88. The van der Waals surface area contributed by atoms with E-state index < -0.39 is 47.5 Å². The minimum Gasteiger partial charge on any atom is -0.354 e. The zero-order valence-corrected chi connectivity index (χ0v) is 26.8. The highest BCUT2D eigenvalue weighted by Gasteiger charge is 2.43. The molecule has 2 aliphatic heterocycles. The number of hydrogen-bond donors (Lipinski definition) is 2. The predicted molar refractivity (Wildman–Crippen MR) is 182 cm³/mol. The Morgan fingerprint density at radius 1 is 0.449 bits per heavy atom. The van der Waals surface area contributed by atoms with Crippen molar-refractivity contribution in [2.75, 3.05) is 13.1 Å². The molecule has 0 aliphatic carbocycles. The van der Waals surface area contributed by atoms with Crippen LogP contribution in [0.25, 0.3) is 0 Å².